The van der Waals surface area contributed by atoms with Crippen LogP contribution in [-0.4, -0.2) is 57.3 Å². The van der Waals surface area contributed by atoms with Crippen LogP contribution in [0.4, 0.5) is 17.6 Å². The molecule has 39 heavy (non-hydrogen) atoms. The first-order valence-electron chi connectivity index (χ1n) is 11.8. The molecule has 2 amide bonds. The Balaban J connectivity index is 1.30. The molecule has 1 saturated heterocycles. The highest BCUT2D eigenvalue weighted by Crippen LogP contribution is 2.30. The molecule has 0 atom stereocenters. The molecule has 2 aromatic heterocycles. The van der Waals surface area contributed by atoms with Crippen LogP contribution in [0, 0.1) is 5.82 Å². The Hall–Kier alpha value is -4.26. The van der Waals surface area contributed by atoms with Crippen LogP contribution in [-0.2, 0) is 12.7 Å². The molecule has 0 saturated carbocycles. The SMILES string of the molecule is O=C(c1cccc(C(F)(F)F)c1)N1CCN(C(=O)c2cc(Cn3c(=O)[nH]c(=O)c4ccsc43)ccc2F)CC1. The van der Waals surface area contributed by atoms with Gasteiger partial charge in [-0.25, -0.2) is 9.18 Å². The summed E-state index contributed by atoms with van der Waals surface area (Å²) in [7, 11) is 0. The highest BCUT2D eigenvalue weighted by molar-refractivity contribution is 7.16. The quantitative estimate of drug-likeness (QED) is 0.387. The molecule has 5 rings (SSSR count). The fraction of sp³-hybridized carbons (Fsp3) is 0.231. The van der Waals surface area contributed by atoms with E-state index >= 15 is 0 Å². The van der Waals surface area contributed by atoms with Crippen molar-refractivity contribution in [1.82, 2.24) is 19.4 Å². The standard InChI is InChI=1S/C26H20F4N4O4S/c27-20-5-4-15(14-34-24-18(6-11-39-24)21(35)31-25(34)38)12-19(20)23(37)33-9-7-32(8-10-33)22(36)16-2-1-3-17(13-16)26(28,29)30/h1-6,11-13H,7-10,14H2,(H,31,35,38). The maximum Gasteiger partial charge on any atom is 0.416 e. The van der Waals surface area contributed by atoms with E-state index in [1.807, 2.05) is 0 Å². The molecule has 1 N–H and O–H groups in total. The minimum Gasteiger partial charge on any atom is -0.335 e. The predicted octanol–water partition coefficient (Wildman–Crippen LogP) is 3.56. The fourth-order valence-corrected chi connectivity index (χ4v) is 5.36. The minimum absolute atomic E-state index is 0.00748. The Morgan fingerprint density at radius 3 is 2.31 bits per heavy atom. The van der Waals surface area contributed by atoms with Crippen molar-refractivity contribution in [2.75, 3.05) is 26.2 Å². The summed E-state index contributed by atoms with van der Waals surface area (Å²) < 4.78 is 55.1. The number of fused-ring (bicyclic) bond motifs is 1. The number of rotatable bonds is 4. The second kappa shape index (κ2) is 10.1. The Labute approximate surface area is 221 Å². The van der Waals surface area contributed by atoms with E-state index in [-0.39, 0.29) is 43.9 Å². The maximum absolute atomic E-state index is 14.7. The molecule has 202 valence electrons. The van der Waals surface area contributed by atoms with E-state index in [2.05, 4.69) is 4.98 Å². The fourth-order valence-electron chi connectivity index (χ4n) is 4.46. The molecule has 8 nitrogen and oxygen atoms in total. The van der Waals surface area contributed by atoms with Crippen molar-refractivity contribution in [3.05, 3.63) is 103 Å². The van der Waals surface area contributed by atoms with Gasteiger partial charge in [-0.3, -0.25) is 23.9 Å². The summed E-state index contributed by atoms with van der Waals surface area (Å²) in [6.07, 6.45) is -4.58. The Morgan fingerprint density at radius 2 is 1.62 bits per heavy atom. The number of nitrogens with zero attached hydrogens (tertiary/aromatic N) is 3. The summed E-state index contributed by atoms with van der Waals surface area (Å²) in [6, 6.07) is 9.63. The number of aromatic nitrogens is 2. The number of carbonyl (C=O) groups excluding carboxylic acids is 2. The van der Waals surface area contributed by atoms with Gasteiger partial charge >= 0.3 is 11.9 Å². The van der Waals surface area contributed by atoms with Gasteiger partial charge in [0.05, 0.1) is 23.1 Å². The van der Waals surface area contributed by atoms with Crippen LogP contribution in [0.5, 0.6) is 0 Å². The lowest BCUT2D eigenvalue weighted by Crippen LogP contribution is -2.50. The lowest BCUT2D eigenvalue weighted by atomic mass is 10.1. The first-order chi connectivity index (χ1) is 18.5. The predicted molar refractivity (Wildman–Crippen MR) is 135 cm³/mol. The van der Waals surface area contributed by atoms with Gasteiger partial charge < -0.3 is 9.80 Å². The zero-order chi connectivity index (χ0) is 27.9. The van der Waals surface area contributed by atoms with Crippen LogP contribution in [0.15, 0.2) is 63.5 Å². The second-order valence-electron chi connectivity index (χ2n) is 8.96. The maximum atomic E-state index is 14.7. The Kier molecular flexibility index (Phi) is 6.85. The van der Waals surface area contributed by atoms with E-state index in [1.165, 1.54) is 43.9 Å². The Morgan fingerprint density at radius 1 is 0.923 bits per heavy atom. The highest BCUT2D eigenvalue weighted by atomic mass is 32.1. The van der Waals surface area contributed by atoms with Crippen molar-refractivity contribution in [2.24, 2.45) is 0 Å². The smallest absolute Gasteiger partial charge is 0.335 e. The number of alkyl halides is 3. The zero-order valence-electron chi connectivity index (χ0n) is 20.1. The van der Waals surface area contributed by atoms with Gasteiger partial charge in [0.15, 0.2) is 0 Å². The normalized spacial score (nSPS) is 14.2. The molecule has 1 aliphatic heterocycles. The topological polar surface area (TPSA) is 95.5 Å². The van der Waals surface area contributed by atoms with Crippen molar-refractivity contribution in [2.45, 2.75) is 12.7 Å². The number of halogens is 4. The molecule has 1 fully saturated rings. The number of H-pyrrole nitrogens is 1. The molecule has 0 radical (unpaired) electrons. The van der Waals surface area contributed by atoms with Crippen molar-refractivity contribution >= 4 is 33.4 Å². The summed E-state index contributed by atoms with van der Waals surface area (Å²) in [5, 5.41) is 2.02. The molecule has 0 bridgehead atoms. The van der Waals surface area contributed by atoms with E-state index < -0.39 is 40.6 Å². The molecule has 0 spiro atoms. The van der Waals surface area contributed by atoms with Crippen molar-refractivity contribution in [1.29, 1.82) is 0 Å². The summed E-state index contributed by atoms with van der Waals surface area (Å²) >= 11 is 1.21. The molecule has 3 heterocycles. The number of amides is 2. The molecule has 0 aliphatic carbocycles. The van der Waals surface area contributed by atoms with Crippen LogP contribution in [0.1, 0.15) is 31.8 Å². The van der Waals surface area contributed by atoms with Gasteiger partial charge in [-0.15, -0.1) is 11.3 Å². The Bertz CT molecular complexity index is 1700. The van der Waals surface area contributed by atoms with Crippen molar-refractivity contribution < 1.29 is 27.2 Å². The monoisotopic (exact) mass is 560 g/mol. The summed E-state index contributed by atoms with van der Waals surface area (Å²) in [5.41, 5.74) is -1.93. The van der Waals surface area contributed by atoms with Crippen LogP contribution in [0.25, 0.3) is 10.2 Å². The highest BCUT2D eigenvalue weighted by Gasteiger charge is 2.32. The number of nitrogens with one attached hydrogen (secondary N) is 1. The molecule has 1 aliphatic rings. The van der Waals surface area contributed by atoms with Crippen molar-refractivity contribution in [3.8, 4) is 0 Å². The van der Waals surface area contributed by atoms with Gasteiger partial charge in [0, 0.05) is 31.7 Å². The number of carbonyl (C=O) groups is 2. The molecule has 2 aromatic carbocycles. The third-order valence-electron chi connectivity index (χ3n) is 6.49. The first kappa shape index (κ1) is 26.4. The number of hydrogen-bond acceptors (Lipinski definition) is 5. The number of thiophene rings is 1. The third kappa shape index (κ3) is 5.21. The molecular formula is C26H20F4N4O4S. The third-order valence-corrected chi connectivity index (χ3v) is 7.43. The average molecular weight is 561 g/mol. The second-order valence-corrected chi connectivity index (χ2v) is 9.86. The average Bonchev–Trinajstić information content (AvgIpc) is 3.41. The zero-order valence-corrected chi connectivity index (χ0v) is 20.9. The van der Waals surface area contributed by atoms with E-state index in [4.69, 9.17) is 0 Å². The number of benzene rings is 2. The lowest BCUT2D eigenvalue weighted by molar-refractivity contribution is -0.137. The van der Waals surface area contributed by atoms with E-state index in [0.717, 1.165) is 24.3 Å². The van der Waals surface area contributed by atoms with E-state index in [9.17, 15) is 36.7 Å². The molecule has 4 aromatic rings. The van der Waals surface area contributed by atoms with Crippen LogP contribution < -0.4 is 11.2 Å². The molecule has 0 unspecified atom stereocenters. The van der Waals surface area contributed by atoms with Crippen LogP contribution in [0.2, 0.25) is 0 Å². The van der Waals surface area contributed by atoms with Crippen LogP contribution in [0.3, 0.4) is 0 Å². The van der Waals surface area contributed by atoms with Gasteiger partial charge in [0.1, 0.15) is 10.6 Å². The summed E-state index contributed by atoms with van der Waals surface area (Å²) in [6.45, 7) is 0.230. The first-order valence-corrected chi connectivity index (χ1v) is 12.7. The summed E-state index contributed by atoms with van der Waals surface area (Å²) in [5.74, 6) is -1.97. The van der Waals surface area contributed by atoms with E-state index in [0.29, 0.717) is 15.8 Å². The van der Waals surface area contributed by atoms with Crippen molar-refractivity contribution in [3.63, 3.8) is 0 Å². The molecular weight excluding hydrogens is 540 g/mol. The lowest BCUT2D eigenvalue weighted by Gasteiger charge is -2.35. The number of aromatic amines is 1. The molecule has 13 heteroatoms. The summed E-state index contributed by atoms with van der Waals surface area (Å²) in [4.78, 5) is 55.7. The van der Waals surface area contributed by atoms with Gasteiger partial charge in [-0.05, 0) is 47.3 Å². The van der Waals surface area contributed by atoms with Crippen LogP contribution >= 0.6 is 11.3 Å². The van der Waals surface area contributed by atoms with E-state index in [1.54, 1.807) is 11.4 Å². The van der Waals surface area contributed by atoms with Gasteiger partial charge in [0.25, 0.3) is 17.4 Å². The largest absolute Gasteiger partial charge is 0.416 e. The number of hydrogen-bond donors (Lipinski definition) is 1. The van der Waals surface area contributed by atoms with Gasteiger partial charge in [-0.2, -0.15) is 13.2 Å². The number of piperazine rings is 1. The van der Waals surface area contributed by atoms with Gasteiger partial charge in [-0.1, -0.05) is 12.1 Å². The minimum atomic E-state index is -4.58. The van der Waals surface area contributed by atoms with Gasteiger partial charge in [0.2, 0.25) is 0 Å².